The smallest absolute Gasteiger partial charge is 0.463 e. The molecule has 0 radical (unpaired) electrons. The van der Waals surface area contributed by atoms with Crippen LogP contribution in [0.15, 0.2) is 109 Å². The minimum absolute atomic E-state index is 0.0857. The standard InChI is InChI=1S/C83H146O16P2/c1-4-7-10-13-16-19-22-25-27-29-30-31-32-33-34-35-36-37-38-39-40-41-42-43-44-45-46-48-50-52-54-57-60-63-66-69-81(86)93-72-78(84)73-95-100(89,90)96-74-79(85)75-97-101(91,92)98-77-80(99-83(88)71-68-65-62-59-56-51-24-21-18-15-12-9-6-3)76-94-82(87)70-67-64-61-58-55-53-49-47-28-26-23-20-17-14-11-8-5-2/h8,11-12,15-17,19-21,24-28,30-31,33-34,78-80,84-85H,4-7,9-10,13-14,18,22-23,29,32,35-77H2,1-3H3,(H,89,90)(H,91,92)/b11-8-,15-12-,19-16-,20-17-,24-21-,27-25-,28-26-,31-30-,34-33-. The Bertz CT molecular complexity index is 2270. The molecule has 5 unspecified atom stereocenters. The number of phosphoric acid groups is 2. The lowest BCUT2D eigenvalue weighted by atomic mass is 10.0. The fraction of sp³-hybridized carbons (Fsp3) is 0.747. The fourth-order valence-corrected chi connectivity index (χ4v) is 12.4. The van der Waals surface area contributed by atoms with Crippen LogP contribution in [0.2, 0.25) is 0 Å². The van der Waals surface area contributed by atoms with Crippen molar-refractivity contribution in [3.05, 3.63) is 109 Å². The van der Waals surface area contributed by atoms with Crippen LogP contribution in [0.5, 0.6) is 0 Å². The summed E-state index contributed by atoms with van der Waals surface area (Å²) >= 11 is 0. The van der Waals surface area contributed by atoms with E-state index in [-0.39, 0.29) is 19.3 Å². The summed E-state index contributed by atoms with van der Waals surface area (Å²) < 4.78 is 61.0. The van der Waals surface area contributed by atoms with Crippen molar-refractivity contribution >= 4 is 33.6 Å². The zero-order chi connectivity index (χ0) is 73.7. The van der Waals surface area contributed by atoms with Crippen LogP contribution < -0.4 is 0 Å². The van der Waals surface area contributed by atoms with E-state index >= 15 is 0 Å². The summed E-state index contributed by atoms with van der Waals surface area (Å²) in [6.45, 7) is 2.47. The molecule has 0 amide bonds. The van der Waals surface area contributed by atoms with Gasteiger partial charge in [0.05, 0.1) is 26.4 Å². The van der Waals surface area contributed by atoms with E-state index in [1.807, 2.05) is 0 Å². The van der Waals surface area contributed by atoms with Crippen LogP contribution in [0, 0.1) is 0 Å². The van der Waals surface area contributed by atoms with Crippen molar-refractivity contribution < 1.29 is 75.8 Å². The molecule has 0 heterocycles. The van der Waals surface area contributed by atoms with Gasteiger partial charge in [0.15, 0.2) is 6.10 Å². The number of carbonyl (C=O) groups excluding carboxylic acids is 3. The van der Waals surface area contributed by atoms with Crippen molar-refractivity contribution in [2.24, 2.45) is 0 Å². The third kappa shape index (κ3) is 77.1. The van der Waals surface area contributed by atoms with Gasteiger partial charge in [-0.05, 0) is 122 Å². The molecular weight excluding hydrogens is 1310 g/mol. The maximum Gasteiger partial charge on any atom is 0.472 e. The zero-order valence-corrected chi connectivity index (χ0v) is 65.6. The van der Waals surface area contributed by atoms with Crippen molar-refractivity contribution in [3.8, 4) is 0 Å². The van der Waals surface area contributed by atoms with E-state index in [2.05, 4.69) is 130 Å². The molecule has 0 spiro atoms. The monoisotopic (exact) mass is 1460 g/mol. The van der Waals surface area contributed by atoms with Crippen molar-refractivity contribution in [1.82, 2.24) is 0 Å². The number of hydrogen-bond acceptors (Lipinski definition) is 14. The van der Waals surface area contributed by atoms with Crippen LogP contribution >= 0.6 is 15.6 Å². The van der Waals surface area contributed by atoms with Crippen molar-refractivity contribution in [1.29, 1.82) is 0 Å². The molecule has 5 atom stereocenters. The number of phosphoric ester groups is 2. The quantitative estimate of drug-likeness (QED) is 0.0146. The van der Waals surface area contributed by atoms with Crippen molar-refractivity contribution in [2.45, 2.75) is 360 Å². The summed E-state index contributed by atoms with van der Waals surface area (Å²) in [6.07, 6.45) is 88.8. The highest BCUT2D eigenvalue weighted by molar-refractivity contribution is 7.47. The number of rotatable bonds is 76. The number of aliphatic hydroxyl groups is 2. The van der Waals surface area contributed by atoms with Gasteiger partial charge in [-0.2, -0.15) is 0 Å². The lowest BCUT2D eigenvalue weighted by Crippen LogP contribution is -2.30. The Morgan fingerprint density at radius 2 is 0.545 bits per heavy atom. The second-order valence-corrected chi connectivity index (χ2v) is 29.7. The van der Waals surface area contributed by atoms with E-state index in [0.717, 1.165) is 154 Å². The van der Waals surface area contributed by atoms with E-state index in [1.54, 1.807) is 0 Å². The molecule has 16 nitrogen and oxygen atoms in total. The first-order valence-corrected chi connectivity index (χ1v) is 43.2. The number of aliphatic hydroxyl groups excluding tert-OH is 2. The molecule has 0 fully saturated rings. The van der Waals surface area contributed by atoms with Gasteiger partial charge < -0.3 is 34.2 Å². The molecule has 4 N–H and O–H groups in total. The van der Waals surface area contributed by atoms with Gasteiger partial charge in [-0.15, -0.1) is 0 Å². The molecule has 0 bridgehead atoms. The third-order valence-electron chi connectivity index (χ3n) is 16.9. The number of ether oxygens (including phenoxy) is 3. The number of allylic oxidation sites excluding steroid dienone is 18. The summed E-state index contributed by atoms with van der Waals surface area (Å²) in [5, 5.41) is 20.6. The first-order valence-electron chi connectivity index (χ1n) is 40.2. The Labute approximate surface area is 615 Å². The van der Waals surface area contributed by atoms with Gasteiger partial charge in [0, 0.05) is 19.3 Å². The van der Waals surface area contributed by atoms with Gasteiger partial charge in [0.2, 0.25) is 0 Å². The lowest BCUT2D eigenvalue weighted by Gasteiger charge is -2.21. The SMILES string of the molecule is CC/C=C\C/C=C\C/C=C\CCCCCCCCCC(=O)OCC(COP(=O)(O)OCC(O)COP(=O)(O)OCC(O)COC(=O)CCCCCCCCCCCCCCCCCCCCC/C=C\C/C=C\C/C=C\C/C=C\CCCCC)OC(=O)CCCCCCC/C=C\C/C=C\CCC. The molecule has 101 heavy (non-hydrogen) atoms. The number of unbranched alkanes of at least 4 members (excludes halogenated alkanes) is 35. The Hall–Kier alpha value is -3.79. The maximum atomic E-state index is 12.9. The second-order valence-electron chi connectivity index (χ2n) is 26.8. The molecule has 0 aliphatic rings. The van der Waals surface area contributed by atoms with E-state index < -0.39 is 91.5 Å². The van der Waals surface area contributed by atoms with Gasteiger partial charge >= 0.3 is 33.6 Å². The average Bonchev–Trinajstić information content (AvgIpc) is 0.934. The normalized spacial score (nSPS) is 14.6. The Morgan fingerprint density at radius 3 is 0.871 bits per heavy atom. The molecule has 584 valence electrons. The van der Waals surface area contributed by atoms with Crippen LogP contribution in [-0.4, -0.2) is 95.9 Å². The predicted molar refractivity (Wildman–Crippen MR) is 417 cm³/mol. The highest BCUT2D eigenvalue weighted by atomic mass is 31.2. The second kappa shape index (κ2) is 75.9. The molecule has 0 aliphatic carbocycles. The fourth-order valence-electron chi connectivity index (χ4n) is 10.8. The van der Waals surface area contributed by atoms with Gasteiger partial charge in [-0.25, -0.2) is 9.13 Å². The Morgan fingerprint density at radius 1 is 0.287 bits per heavy atom. The van der Waals surface area contributed by atoms with Gasteiger partial charge in [0.25, 0.3) is 0 Å². The lowest BCUT2D eigenvalue weighted by molar-refractivity contribution is -0.161. The van der Waals surface area contributed by atoms with Crippen LogP contribution in [0.1, 0.15) is 342 Å². The molecule has 0 aromatic heterocycles. The molecule has 0 saturated heterocycles. The summed E-state index contributed by atoms with van der Waals surface area (Å²) in [5.41, 5.74) is 0. The van der Waals surface area contributed by atoms with Gasteiger partial charge in [0.1, 0.15) is 25.4 Å². The molecule has 18 heteroatoms. The van der Waals surface area contributed by atoms with Crippen LogP contribution in [0.25, 0.3) is 0 Å². The van der Waals surface area contributed by atoms with Gasteiger partial charge in [-0.1, -0.05) is 310 Å². The van der Waals surface area contributed by atoms with Crippen LogP contribution in [0.4, 0.5) is 0 Å². The molecule has 0 rings (SSSR count). The van der Waals surface area contributed by atoms with Crippen molar-refractivity contribution in [3.63, 3.8) is 0 Å². The van der Waals surface area contributed by atoms with Crippen LogP contribution in [-0.2, 0) is 55.8 Å². The Balaban J connectivity index is 4.33. The van der Waals surface area contributed by atoms with E-state index in [1.165, 1.54) is 128 Å². The molecule has 0 aliphatic heterocycles. The summed E-state index contributed by atoms with van der Waals surface area (Å²) in [5.74, 6) is -1.59. The summed E-state index contributed by atoms with van der Waals surface area (Å²) in [7, 11) is -9.79. The van der Waals surface area contributed by atoms with E-state index in [9.17, 15) is 43.5 Å². The predicted octanol–water partition coefficient (Wildman–Crippen LogP) is 23.5. The number of esters is 3. The first-order chi connectivity index (χ1) is 49.2. The zero-order valence-electron chi connectivity index (χ0n) is 63.8. The molecule has 0 aromatic rings. The highest BCUT2D eigenvalue weighted by Gasteiger charge is 2.29. The van der Waals surface area contributed by atoms with Crippen molar-refractivity contribution in [2.75, 3.05) is 39.6 Å². The maximum absolute atomic E-state index is 12.9. The average molecular weight is 1460 g/mol. The molecule has 0 aromatic carbocycles. The number of carbonyl (C=O) groups is 3. The van der Waals surface area contributed by atoms with E-state index in [4.69, 9.17) is 32.3 Å². The molecular formula is C83H146O16P2. The number of hydrogen-bond donors (Lipinski definition) is 4. The topological polar surface area (TPSA) is 231 Å². The van der Waals surface area contributed by atoms with Crippen LogP contribution in [0.3, 0.4) is 0 Å². The summed E-state index contributed by atoms with van der Waals surface area (Å²) in [6, 6.07) is 0. The van der Waals surface area contributed by atoms with Gasteiger partial charge in [-0.3, -0.25) is 32.5 Å². The first kappa shape index (κ1) is 97.2. The molecule has 0 saturated carbocycles. The summed E-state index contributed by atoms with van der Waals surface area (Å²) in [4.78, 5) is 58.5. The largest absolute Gasteiger partial charge is 0.472 e. The Kier molecular flexibility index (Phi) is 73.0. The minimum atomic E-state index is -4.93. The highest BCUT2D eigenvalue weighted by Crippen LogP contribution is 2.45. The van der Waals surface area contributed by atoms with E-state index in [0.29, 0.717) is 19.3 Å². The minimum Gasteiger partial charge on any atom is -0.463 e. The third-order valence-corrected chi connectivity index (χ3v) is 18.8.